The summed E-state index contributed by atoms with van der Waals surface area (Å²) in [5.74, 6) is -0.433. The second-order valence-corrected chi connectivity index (χ2v) is 11.4. The molecule has 0 spiro atoms. The van der Waals surface area contributed by atoms with Crippen LogP contribution in [0.3, 0.4) is 0 Å². The third-order valence-electron chi connectivity index (χ3n) is 7.64. The van der Waals surface area contributed by atoms with Crippen LogP contribution in [0.4, 0.5) is 10.5 Å². The van der Waals surface area contributed by atoms with E-state index in [9.17, 15) is 9.59 Å². The van der Waals surface area contributed by atoms with Crippen molar-refractivity contribution < 1.29 is 14.3 Å². The van der Waals surface area contributed by atoms with Crippen molar-refractivity contribution in [3.63, 3.8) is 0 Å². The smallest absolute Gasteiger partial charge is 0.339 e. The zero-order valence-electron chi connectivity index (χ0n) is 25.6. The molecule has 2 amide bonds. The van der Waals surface area contributed by atoms with Crippen molar-refractivity contribution in [2.75, 3.05) is 11.9 Å². The fourth-order valence-electron chi connectivity index (χ4n) is 5.17. The third-order valence-corrected chi connectivity index (χ3v) is 7.97. The minimum Gasteiger partial charge on any atom is -0.462 e. The second-order valence-electron chi connectivity index (χ2n) is 11.0. The highest BCUT2D eigenvalue weighted by Gasteiger charge is 2.13. The van der Waals surface area contributed by atoms with Gasteiger partial charge in [0, 0.05) is 14.1 Å². The van der Waals surface area contributed by atoms with Gasteiger partial charge in [-0.3, -0.25) is 0 Å². The summed E-state index contributed by atoms with van der Waals surface area (Å²) in [5, 5.41) is 7.24. The van der Waals surface area contributed by atoms with Gasteiger partial charge in [0.15, 0.2) is 0 Å². The number of aromatic nitrogens is 2. The van der Waals surface area contributed by atoms with Crippen LogP contribution in [0.2, 0.25) is 5.02 Å². The number of carbonyl (C=O) groups excluding carboxylic acids is 2. The molecule has 0 radical (unpaired) electrons. The van der Waals surface area contributed by atoms with Gasteiger partial charge in [0.25, 0.3) is 0 Å². The zero-order valence-corrected chi connectivity index (χ0v) is 26.3. The predicted molar refractivity (Wildman–Crippen MR) is 172 cm³/mol. The first kappa shape index (κ1) is 33.2. The average Bonchev–Trinajstić information content (AvgIpc) is 3.23. The SMILES string of the molecule is CCCCCCCCCCCCCCCCOC(=O)c1ccc(Cl)c(NC(=O)NN=c2n(C)c3ccccc3n2C)c1. The summed E-state index contributed by atoms with van der Waals surface area (Å²) in [6.07, 6.45) is 17.9. The van der Waals surface area contributed by atoms with Crippen LogP contribution >= 0.6 is 11.6 Å². The lowest BCUT2D eigenvalue weighted by atomic mass is 10.0. The standard InChI is InChI=1S/C33H48ClN5O3/c1-4-5-6-7-8-9-10-11-12-13-14-15-16-19-24-42-31(40)26-22-23-27(34)28(25-26)35-32(41)36-37-33-38(2)29-20-17-18-21-30(29)39(33)3/h17-18,20-23,25H,4-16,19,24H2,1-3H3,(H2,35,36,41). The molecule has 0 saturated carbocycles. The molecule has 2 N–H and O–H groups in total. The van der Waals surface area contributed by atoms with E-state index >= 15 is 0 Å². The molecular formula is C33H48ClN5O3. The van der Waals surface area contributed by atoms with E-state index in [-0.39, 0.29) is 0 Å². The first-order valence-corrected chi connectivity index (χ1v) is 16.0. The molecule has 3 aromatic rings. The number of hydrogen-bond donors (Lipinski definition) is 2. The first-order chi connectivity index (χ1) is 20.4. The lowest BCUT2D eigenvalue weighted by Gasteiger charge is -2.09. The molecule has 1 heterocycles. The molecule has 9 heteroatoms. The van der Waals surface area contributed by atoms with Gasteiger partial charge >= 0.3 is 12.0 Å². The van der Waals surface area contributed by atoms with E-state index in [1.165, 1.54) is 83.1 Å². The topological polar surface area (TPSA) is 89.7 Å². The molecule has 8 nitrogen and oxygen atoms in total. The van der Waals surface area contributed by atoms with Gasteiger partial charge in [-0.15, -0.1) is 5.10 Å². The Morgan fingerprint density at radius 3 is 1.86 bits per heavy atom. The number of urea groups is 1. The number of para-hydroxylation sites is 2. The van der Waals surface area contributed by atoms with Gasteiger partial charge in [0.1, 0.15) is 0 Å². The Labute approximate surface area is 255 Å². The van der Waals surface area contributed by atoms with E-state index in [4.69, 9.17) is 16.3 Å². The fraction of sp³-hybridized carbons (Fsp3) is 0.545. The van der Waals surface area contributed by atoms with Gasteiger partial charge in [0.2, 0.25) is 5.62 Å². The predicted octanol–water partition coefficient (Wildman–Crippen LogP) is 8.45. The van der Waals surface area contributed by atoms with Crippen LogP contribution in [0.25, 0.3) is 11.0 Å². The number of aryl methyl sites for hydroxylation is 2. The lowest BCUT2D eigenvalue weighted by molar-refractivity contribution is 0.0497. The summed E-state index contributed by atoms with van der Waals surface area (Å²) >= 11 is 6.28. The van der Waals surface area contributed by atoms with E-state index in [0.717, 1.165) is 23.9 Å². The summed E-state index contributed by atoms with van der Waals surface area (Å²) < 4.78 is 9.23. The van der Waals surface area contributed by atoms with Crippen molar-refractivity contribution in [3.8, 4) is 0 Å². The number of anilines is 1. The van der Waals surface area contributed by atoms with E-state index in [2.05, 4.69) is 22.8 Å². The van der Waals surface area contributed by atoms with Crippen LogP contribution in [0.5, 0.6) is 0 Å². The number of esters is 1. The maximum Gasteiger partial charge on any atom is 0.339 e. The lowest BCUT2D eigenvalue weighted by Crippen LogP contribution is -2.31. The Bertz CT molecular complexity index is 1310. The van der Waals surface area contributed by atoms with Gasteiger partial charge in [-0.1, -0.05) is 114 Å². The van der Waals surface area contributed by atoms with E-state index in [1.54, 1.807) is 12.1 Å². The molecule has 3 rings (SSSR count). The average molecular weight is 598 g/mol. The van der Waals surface area contributed by atoms with Crippen molar-refractivity contribution in [2.45, 2.75) is 96.8 Å². The van der Waals surface area contributed by atoms with Crippen molar-refractivity contribution in [1.29, 1.82) is 0 Å². The Hall–Kier alpha value is -3.26. The largest absolute Gasteiger partial charge is 0.462 e. The van der Waals surface area contributed by atoms with E-state index in [0.29, 0.717) is 28.5 Å². The number of nitrogens with one attached hydrogen (secondary N) is 2. The summed E-state index contributed by atoms with van der Waals surface area (Å²) in [6.45, 7) is 2.64. The van der Waals surface area contributed by atoms with Crippen LogP contribution in [0.15, 0.2) is 47.6 Å². The molecule has 0 aliphatic rings. The number of imidazole rings is 1. The molecule has 0 aliphatic heterocycles. The van der Waals surface area contributed by atoms with Crippen molar-refractivity contribution >= 4 is 40.3 Å². The number of unbranched alkanes of at least 4 members (excludes halogenated alkanes) is 13. The minimum atomic E-state index is -0.574. The molecule has 0 unspecified atom stereocenters. The number of hydrogen-bond acceptors (Lipinski definition) is 4. The molecule has 0 atom stereocenters. The Balaban J connectivity index is 1.34. The quantitative estimate of drug-likeness (QED) is 0.0875. The zero-order chi connectivity index (χ0) is 30.2. The molecule has 0 bridgehead atoms. The highest BCUT2D eigenvalue weighted by atomic mass is 35.5. The van der Waals surface area contributed by atoms with Crippen molar-refractivity contribution in [3.05, 3.63) is 58.7 Å². The molecule has 1 aromatic heterocycles. The highest BCUT2D eigenvalue weighted by molar-refractivity contribution is 6.33. The number of fused-ring (bicyclic) bond motifs is 1. The van der Waals surface area contributed by atoms with Gasteiger partial charge in [-0.25, -0.2) is 15.0 Å². The maximum absolute atomic E-state index is 12.6. The summed E-state index contributed by atoms with van der Waals surface area (Å²) in [4.78, 5) is 25.2. The molecule has 0 saturated heterocycles. The third kappa shape index (κ3) is 10.5. The van der Waals surface area contributed by atoms with Crippen LogP contribution < -0.4 is 16.4 Å². The van der Waals surface area contributed by atoms with Crippen LogP contribution in [-0.2, 0) is 18.8 Å². The molecule has 2 aromatic carbocycles. The van der Waals surface area contributed by atoms with Gasteiger partial charge < -0.3 is 19.2 Å². The summed E-state index contributed by atoms with van der Waals surface area (Å²) in [6, 6.07) is 12.0. The number of halogens is 1. The van der Waals surface area contributed by atoms with Crippen molar-refractivity contribution in [1.82, 2.24) is 14.6 Å². The summed E-state index contributed by atoms with van der Waals surface area (Å²) in [5.41, 5.74) is 5.69. The minimum absolute atomic E-state index is 0.303. The Morgan fingerprint density at radius 2 is 1.31 bits per heavy atom. The molecule has 42 heavy (non-hydrogen) atoms. The monoisotopic (exact) mass is 597 g/mol. The Morgan fingerprint density at radius 1 is 0.786 bits per heavy atom. The molecule has 0 fully saturated rings. The number of carbonyl (C=O) groups is 2. The molecule has 0 aliphatic carbocycles. The Kier molecular flexibility index (Phi) is 14.5. The highest BCUT2D eigenvalue weighted by Crippen LogP contribution is 2.23. The van der Waals surface area contributed by atoms with Crippen LogP contribution in [-0.4, -0.2) is 27.7 Å². The van der Waals surface area contributed by atoms with E-state index in [1.807, 2.05) is 47.5 Å². The summed E-state index contributed by atoms with van der Waals surface area (Å²) in [7, 11) is 3.76. The van der Waals surface area contributed by atoms with Gasteiger partial charge in [0.05, 0.1) is 33.9 Å². The fourth-order valence-corrected chi connectivity index (χ4v) is 5.33. The number of nitrogens with zero attached hydrogens (tertiary/aromatic N) is 3. The maximum atomic E-state index is 12.6. The molecular weight excluding hydrogens is 550 g/mol. The normalized spacial score (nSPS) is 11.0. The molecule has 230 valence electrons. The number of amides is 2. The number of ether oxygens (including phenoxy) is 1. The van der Waals surface area contributed by atoms with Crippen LogP contribution in [0, 0.1) is 0 Å². The first-order valence-electron chi connectivity index (χ1n) is 15.6. The number of rotatable bonds is 18. The van der Waals surface area contributed by atoms with Gasteiger partial charge in [-0.05, 0) is 36.8 Å². The second kappa shape index (κ2) is 18.3. The number of benzene rings is 2. The van der Waals surface area contributed by atoms with Gasteiger partial charge in [-0.2, -0.15) is 0 Å². The van der Waals surface area contributed by atoms with E-state index < -0.39 is 12.0 Å². The van der Waals surface area contributed by atoms with Crippen LogP contribution in [0.1, 0.15) is 107 Å². The van der Waals surface area contributed by atoms with Crippen molar-refractivity contribution in [2.24, 2.45) is 19.2 Å².